The predicted octanol–water partition coefficient (Wildman–Crippen LogP) is 2.35. The van der Waals surface area contributed by atoms with E-state index in [0.29, 0.717) is 43.2 Å². The van der Waals surface area contributed by atoms with E-state index in [1.165, 1.54) is 6.26 Å². The number of rotatable bonds is 4. The Kier molecular flexibility index (Phi) is 4.69. The Labute approximate surface area is 155 Å². The molecular formula is C19H19N5O3. The summed E-state index contributed by atoms with van der Waals surface area (Å²) < 4.78 is 6.78. The summed E-state index contributed by atoms with van der Waals surface area (Å²) in [4.78, 5) is 31.1. The van der Waals surface area contributed by atoms with Crippen molar-refractivity contribution in [1.29, 1.82) is 0 Å². The number of anilines is 1. The molecule has 1 N–H and O–H groups in total. The zero-order chi connectivity index (χ0) is 18.6. The largest absolute Gasteiger partial charge is 0.459 e. The summed E-state index contributed by atoms with van der Waals surface area (Å²) in [6.45, 7) is 1.05. The van der Waals surface area contributed by atoms with E-state index in [-0.39, 0.29) is 17.7 Å². The highest BCUT2D eigenvalue weighted by molar-refractivity contribution is 5.95. The highest BCUT2D eigenvalue weighted by Crippen LogP contribution is 2.23. The lowest BCUT2D eigenvalue weighted by Crippen LogP contribution is -2.41. The molecule has 3 aromatic heterocycles. The van der Waals surface area contributed by atoms with Gasteiger partial charge in [-0.25, -0.2) is 9.67 Å². The third kappa shape index (κ3) is 3.59. The average molecular weight is 365 g/mol. The molecule has 0 bridgehead atoms. The number of amides is 2. The number of nitrogens with zero attached hydrogens (tertiary/aromatic N) is 4. The van der Waals surface area contributed by atoms with Crippen LogP contribution in [0.5, 0.6) is 0 Å². The quantitative estimate of drug-likeness (QED) is 0.766. The maximum absolute atomic E-state index is 12.7. The van der Waals surface area contributed by atoms with Crippen molar-refractivity contribution in [2.45, 2.75) is 12.8 Å². The van der Waals surface area contributed by atoms with Crippen LogP contribution < -0.4 is 5.32 Å². The van der Waals surface area contributed by atoms with Crippen LogP contribution in [0, 0.1) is 5.92 Å². The topological polar surface area (TPSA) is 93.3 Å². The third-order valence-electron chi connectivity index (χ3n) is 4.65. The number of hydrogen-bond acceptors (Lipinski definition) is 5. The second kappa shape index (κ2) is 7.45. The molecule has 0 unspecified atom stereocenters. The minimum Gasteiger partial charge on any atom is -0.459 e. The second-order valence-electron chi connectivity index (χ2n) is 6.36. The Balaban J connectivity index is 1.39. The summed E-state index contributed by atoms with van der Waals surface area (Å²) in [5, 5.41) is 7.13. The van der Waals surface area contributed by atoms with Crippen LogP contribution in [0.3, 0.4) is 0 Å². The molecule has 1 aliphatic heterocycles. The summed E-state index contributed by atoms with van der Waals surface area (Å²) in [6.07, 6.45) is 7.79. The van der Waals surface area contributed by atoms with E-state index in [2.05, 4.69) is 15.4 Å². The van der Waals surface area contributed by atoms with Gasteiger partial charge in [-0.3, -0.25) is 9.59 Å². The van der Waals surface area contributed by atoms with E-state index in [1.807, 2.05) is 0 Å². The van der Waals surface area contributed by atoms with Gasteiger partial charge in [-0.2, -0.15) is 5.10 Å². The number of furan rings is 1. The van der Waals surface area contributed by atoms with Gasteiger partial charge in [0.15, 0.2) is 11.6 Å². The van der Waals surface area contributed by atoms with Gasteiger partial charge in [0, 0.05) is 37.6 Å². The number of hydrogen-bond donors (Lipinski definition) is 1. The number of carbonyl (C=O) groups excluding carboxylic acids is 2. The monoisotopic (exact) mass is 365 g/mol. The lowest BCUT2D eigenvalue weighted by Gasteiger charge is -2.30. The first-order chi connectivity index (χ1) is 13.2. The van der Waals surface area contributed by atoms with Gasteiger partial charge in [-0.15, -0.1) is 0 Å². The fourth-order valence-electron chi connectivity index (χ4n) is 3.21. The number of nitrogens with one attached hydrogen (secondary N) is 1. The standard InChI is InChI=1S/C19H19N5O3/c25-18(22-15-4-1-8-20-17(15)24-10-3-9-21-24)14-6-11-23(12-7-14)19(26)16-5-2-13-27-16/h1-5,8-10,13-14H,6-7,11-12H2,(H,22,25). The maximum atomic E-state index is 12.7. The Hall–Kier alpha value is -3.42. The molecule has 1 aliphatic rings. The van der Waals surface area contributed by atoms with Crippen molar-refractivity contribution in [3.05, 3.63) is 60.9 Å². The van der Waals surface area contributed by atoms with Gasteiger partial charge in [0.05, 0.1) is 12.0 Å². The van der Waals surface area contributed by atoms with Gasteiger partial charge < -0.3 is 14.6 Å². The van der Waals surface area contributed by atoms with Crippen LogP contribution in [0.2, 0.25) is 0 Å². The van der Waals surface area contributed by atoms with Gasteiger partial charge in [0.2, 0.25) is 5.91 Å². The fourth-order valence-corrected chi connectivity index (χ4v) is 3.21. The number of likely N-dealkylation sites (tertiary alicyclic amines) is 1. The number of pyridine rings is 1. The smallest absolute Gasteiger partial charge is 0.289 e. The molecule has 0 aromatic carbocycles. The van der Waals surface area contributed by atoms with Crippen LogP contribution in [0.4, 0.5) is 5.69 Å². The molecule has 0 spiro atoms. The van der Waals surface area contributed by atoms with Crippen LogP contribution in [0.1, 0.15) is 23.4 Å². The molecule has 0 atom stereocenters. The summed E-state index contributed by atoms with van der Waals surface area (Å²) in [5.41, 5.74) is 0.611. The molecule has 8 nitrogen and oxygen atoms in total. The van der Waals surface area contributed by atoms with Crippen LogP contribution in [-0.4, -0.2) is 44.6 Å². The molecule has 0 aliphatic carbocycles. The third-order valence-corrected chi connectivity index (χ3v) is 4.65. The molecule has 8 heteroatoms. The fraction of sp³-hybridized carbons (Fsp3) is 0.263. The molecule has 4 heterocycles. The van der Waals surface area contributed by atoms with E-state index < -0.39 is 0 Å². The normalized spacial score (nSPS) is 14.9. The van der Waals surface area contributed by atoms with Gasteiger partial charge in [-0.1, -0.05) is 0 Å². The minimum atomic E-state index is -0.156. The SMILES string of the molecule is O=C(Nc1cccnc1-n1cccn1)C1CCN(C(=O)c2ccco2)CC1. The molecule has 0 radical (unpaired) electrons. The molecule has 138 valence electrons. The first kappa shape index (κ1) is 17.0. The van der Waals surface area contributed by atoms with E-state index >= 15 is 0 Å². The first-order valence-electron chi connectivity index (χ1n) is 8.81. The molecule has 1 saturated heterocycles. The Bertz CT molecular complexity index is 913. The van der Waals surface area contributed by atoms with Crippen molar-refractivity contribution in [3.63, 3.8) is 0 Å². The van der Waals surface area contributed by atoms with Crippen LogP contribution in [0.25, 0.3) is 5.82 Å². The number of aromatic nitrogens is 3. The highest BCUT2D eigenvalue weighted by atomic mass is 16.3. The van der Waals surface area contributed by atoms with Crippen molar-refractivity contribution in [1.82, 2.24) is 19.7 Å². The molecule has 3 aromatic rings. The average Bonchev–Trinajstić information content (AvgIpc) is 3.42. The summed E-state index contributed by atoms with van der Waals surface area (Å²) in [7, 11) is 0. The summed E-state index contributed by atoms with van der Waals surface area (Å²) in [6, 6.07) is 8.72. The number of piperidine rings is 1. The van der Waals surface area contributed by atoms with Gasteiger partial charge in [-0.05, 0) is 43.2 Å². The van der Waals surface area contributed by atoms with Crippen molar-refractivity contribution >= 4 is 17.5 Å². The molecule has 0 saturated carbocycles. The van der Waals surface area contributed by atoms with Crippen molar-refractivity contribution in [2.24, 2.45) is 5.92 Å². The van der Waals surface area contributed by atoms with E-state index in [4.69, 9.17) is 4.42 Å². The predicted molar refractivity (Wildman–Crippen MR) is 97.3 cm³/mol. The van der Waals surface area contributed by atoms with E-state index in [1.54, 1.807) is 58.5 Å². The van der Waals surface area contributed by atoms with E-state index in [9.17, 15) is 9.59 Å². The lowest BCUT2D eigenvalue weighted by atomic mass is 9.95. The Morgan fingerprint density at radius 3 is 2.67 bits per heavy atom. The molecular weight excluding hydrogens is 346 g/mol. The Morgan fingerprint density at radius 1 is 1.11 bits per heavy atom. The summed E-state index contributed by atoms with van der Waals surface area (Å²) >= 11 is 0. The van der Waals surface area contributed by atoms with E-state index in [0.717, 1.165) is 0 Å². The van der Waals surface area contributed by atoms with Crippen LogP contribution >= 0.6 is 0 Å². The lowest BCUT2D eigenvalue weighted by molar-refractivity contribution is -0.121. The second-order valence-corrected chi connectivity index (χ2v) is 6.36. The molecule has 4 rings (SSSR count). The zero-order valence-electron chi connectivity index (χ0n) is 14.6. The first-order valence-corrected chi connectivity index (χ1v) is 8.81. The maximum Gasteiger partial charge on any atom is 0.289 e. The van der Waals surface area contributed by atoms with Gasteiger partial charge >= 0.3 is 0 Å². The van der Waals surface area contributed by atoms with Crippen LogP contribution in [-0.2, 0) is 4.79 Å². The minimum absolute atomic E-state index is 0.0681. The molecule has 2 amide bonds. The zero-order valence-corrected chi connectivity index (χ0v) is 14.6. The van der Waals surface area contributed by atoms with Crippen molar-refractivity contribution in [3.8, 4) is 5.82 Å². The summed E-state index contributed by atoms with van der Waals surface area (Å²) in [5.74, 6) is 0.545. The van der Waals surface area contributed by atoms with Crippen molar-refractivity contribution < 1.29 is 14.0 Å². The van der Waals surface area contributed by atoms with Gasteiger partial charge in [0.25, 0.3) is 5.91 Å². The van der Waals surface area contributed by atoms with Crippen LogP contribution in [0.15, 0.2) is 59.6 Å². The highest BCUT2D eigenvalue weighted by Gasteiger charge is 2.29. The van der Waals surface area contributed by atoms with Crippen molar-refractivity contribution in [2.75, 3.05) is 18.4 Å². The molecule has 27 heavy (non-hydrogen) atoms. The molecule has 1 fully saturated rings. The number of carbonyl (C=O) groups is 2. The van der Waals surface area contributed by atoms with Gasteiger partial charge in [0.1, 0.15) is 0 Å². The Morgan fingerprint density at radius 2 is 1.96 bits per heavy atom.